The van der Waals surface area contributed by atoms with Gasteiger partial charge in [-0.3, -0.25) is 19.6 Å². The number of nitrogens with zero attached hydrogens (tertiary/aromatic N) is 3. The predicted molar refractivity (Wildman–Crippen MR) is 79.0 cm³/mol. The molecule has 1 saturated heterocycles. The van der Waals surface area contributed by atoms with Gasteiger partial charge in [0.15, 0.2) is 0 Å². The van der Waals surface area contributed by atoms with Gasteiger partial charge in [-0.05, 0) is 11.6 Å². The number of carboxylic acids is 1. The van der Waals surface area contributed by atoms with Crippen LogP contribution in [0.5, 0.6) is 0 Å². The zero-order valence-electron chi connectivity index (χ0n) is 12.3. The maximum absolute atomic E-state index is 10.8. The van der Waals surface area contributed by atoms with Gasteiger partial charge in [0.25, 0.3) is 0 Å². The molecule has 2 rings (SSSR count). The SMILES string of the molecule is O=C(O)CCN(CCN1CCOCC1)Cc1cccnc1. The lowest BCUT2D eigenvalue weighted by Crippen LogP contribution is -2.41. The van der Waals surface area contributed by atoms with Crippen molar-refractivity contribution in [3.05, 3.63) is 30.1 Å². The zero-order chi connectivity index (χ0) is 14.9. The van der Waals surface area contributed by atoms with E-state index in [2.05, 4.69) is 14.8 Å². The Kier molecular flexibility index (Phi) is 6.59. The molecule has 6 nitrogen and oxygen atoms in total. The summed E-state index contributed by atoms with van der Waals surface area (Å²) in [6, 6.07) is 3.93. The molecule has 0 aromatic carbocycles. The Morgan fingerprint density at radius 1 is 1.38 bits per heavy atom. The number of rotatable bonds is 8. The lowest BCUT2D eigenvalue weighted by Gasteiger charge is -2.29. The second-order valence-electron chi connectivity index (χ2n) is 5.24. The summed E-state index contributed by atoms with van der Waals surface area (Å²) in [5.41, 5.74) is 1.12. The summed E-state index contributed by atoms with van der Waals surface area (Å²) in [6.45, 7) is 6.61. The van der Waals surface area contributed by atoms with Crippen LogP contribution in [0.1, 0.15) is 12.0 Å². The van der Waals surface area contributed by atoms with E-state index in [1.165, 1.54) is 0 Å². The minimum atomic E-state index is -0.752. The number of aromatic nitrogens is 1. The van der Waals surface area contributed by atoms with E-state index in [9.17, 15) is 4.79 Å². The molecule has 0 atom stereocenters. The first-order chi connectivity index (χ1) is 10.2. The fourth-order valence-corrected chi connectivity index (χ4v) is 2.38. The number of ether oxygens (including phenoxy) is 1. The van der Waals surface area contributed by atoms with Gasteiger partial charge in [0, 0.05) is 51.7 Å². The van der Waals surface area contributed by atoms with Gasteiger partial charge in [-0.15, -0.1) is 0 Å². The molecule has 1 aromatic rings. The van der Waals surface area contributed by atoms with Crippen molar-refractivity contribution in [2.45, 2.75) is 13.0 Å². The summed E-state index contributed by atoms with van der Waals surface area (Å²) in [5.74, 6) is -0.752. The highest BCUT2D eigenvalue weighted by Crippen LogP contribution is 2.05. The first-order valence-corrected chi connectivity index (χ1v) is 7.37. The highest BCUT2D eigenvalue weighted by molar-refractivity contribution is 5.66. The van der Waals surface area contributed by atoms with Crippen molar-refractivity contribution in [1.29, 1.82) is 0 Å². The molecule has 0 bridgehead atoms. The highest BCUT2D eigenvalue weighted by Gasteiger charge is 2.13. The van der Waals surface area contributed by atoms with Gasteiger partial charge in [0.2, 0.25) is 0 Å². The molecule has 0 saturated carbocycles. The first-order valence-electron chi connectivity index (χ1n) is 7.37. The first kappa shape index (κ1) is 15.9. The van der Waals surface area contributed by atoms with Crippen LogP contribution in [0.25, 0.3) is 0 Å². The van der Waals surface area contributed by atoms with Crippen LogP contribution in [0, 0.1) is 0 Å². The molecule has 21 heavy (non-hydrogen) atoms. The Hall–Kier alpha value is -1.50. The monoisotopic (exact) mass is 293 g/mol. The maximum Gasteiger partial charge on any atom is 0.304 e. The summed E-state index contributed by atoms with van der Waals surface area (Å²) < 4.78 is 5.34. The minimum absolute atomic E-state index is 0.170. The average Bonchev–Trinajstić information content (AvgIpc) is 2.52. The topological polar surface area (TPSA) is 65.9 Å². The Labute approximate surface area is 125 Å². The van der Waals surface area contributed by atoms with Crippen molar-refractivity contribution >= 4 is 5.97 Å². The third-order valence-corrected chi connectivity index (χ3v) is 3.61. The molecular formula is C15H23N3O3. The van der Waals surface area contributed by atoms with Crippen molar-refractivity contribution < 1.29 is 14.6 Å². The summed E-state index contributed by atoms with van der Waals surface area (Å²) in [5, 5.41) is 8.88. The summed E-state index contributed by atoms with van der Waals surface area (Å²) in [6.07, 6.45) is 3.75. The Balaban J connectivity index is 1.83. The number of pyridine rings is 1. The van der Waals surface area contributed by atoms with Gasteiger partial charge in [-0.1, -0.05) is 6.07 Å². The van der Waals surface area contributed by atoms with E-state index >= 15 is 0 Å². The molecule has 1 aromatic heterocycles. The van der Waals surface area contributed by atoms with Crippen molar-refractivity contribution in [3.8, 4) is 0 Å². The van der Waals surface area contributed by atoms with Crippen molar-refractivity contribution in [2.75, 3.05) is 45.9 Å². The van der Waals surface area contributed by atoms with Crippen LogP contribution >= 0.6 is 0 Å². The second kappa shape index (κ2) is 8.71. The highest BCUT2D eigenvalue weighted by atomic mass is 16.5. The van der Waals surface area contributed by atoms with Gasteiger partial charge < -0.3 is 9.84 Å². The molecule has 0 unspecified atom stereocenters. The van der Waals surface area contributed by atoms with E-state index in [4.69, 9.17) is 9.84 Å². The number of carboxylic acid groups (broad SMARTS) is 1. The molecule has 6 heteroatoms. The van der Waals surface area contributed by atoms with Gasteiger partial charge >= 0.3 is 5.97 Å². The summed E-state index contributed by atoms with van der Waals surface area (Å²) in [7, 11) is 0. The van der Waals surface area contributed by atoms with Crippen LogP contribution in [0.4, 0.5) is 0 Å². The average molecular weight is 293 g/mol. The van der Waals surface area contributed by atoms with E-state index in [1.807, 2.05) is 18.3 Å². The van der Waals surface area contributed by atoms with Gasteiger partial charge in [0.05, 0.1) is 19.6 Å². The molecule has 1 fully saturated rings. The largest absolute Gasteiger partial charge is 0.481 e. The fraction of sp³-hybridized carbons (Fsp3) is 0.600. The number of morpholine rings is 1. The molecule has 1 aliphatic heterocycles. The molecule has 2 heterocycles. The van der Waals surface area contributed by atoms with Crippen molar-refractivity contribution in [3.63, 3.8) is 0 Å². The molecule has 116 valence electrons. The second-order valence-corrected chi connectivity index (χ2v) is 5.24. The van der Waals surface area contributed by atoms with Crippen LogP contribution in [-0.4, -0.2) is 71.8 Å². The molecule has 1 aliphatic rings. The Morgan fingerprint density at radius 3 is 2.86 bits per heavy atom. The Bertz CT molecular complexity index is 421. The molecule has 0 spiro atoms. The zero-order valence-corrected chi connectivity index (χ0v) is 12.3. The lowest BCUT2D eigenvalue weighted by molar-refractivity contribution is -0.137. The predicted octanol–water partition coefficient (Wildman–Crippen LogP) is 0.691. The third kappa shape index (κ3) is 6.20. The number of aliphatic carboxylic acids is 1. The summed E-state index contributed by atoms with van der Waals surface area (Å²) in [4.78, 5) is 19.5. The van der Waals surface area contributed by atoms with E-state index < -0.39 is 5.97 Å². The molecular weight excluding hydrogens is 270 g/mol. The van der Waals surface area contributed by atoms with Gasteiger partial charge in [0.1, 0.15) is 0 Å². The lowest BCUT2D eigenvalue weighted by atomic mass is 10.2. The van der Waals surface area contributed by atoms with Crippen LogP contribution in [0.15, 0.2) is 24.5 Å². The number of hydrogen-bond donors (Lipinski definition) is 1. The normalized spacial score (nSPS) is 16.2. The smallest absolute Gasteiger partial charge is 0.304 e. The third-order valence-electron chi connectivity index (χ3n) is 3.61. The molecule has 0 amide bonds. The fourth-order valence-electron chi connectivity index (χ4n) is 2.38. The van der Waals surface area contributed by atoms with E-state index in [0.717, 1.165) is 51.5 Å². The number of carbonyl (C=O) groups is 1. The standard InChI is InChI=1S/C15H23N3O3/c19-15(20)3-5-18(13-14-2-1-4-16-12-14)7-6-17-8-10-21-11-9-17/h1-2,4,12H,3,5-11,13H2,(H,19,20). The van der Waals surface area contributed by atoms with Crippen LogP contribution in [-0.2, 0) is 16.1 Å². The molecule has 0 radical (unpaired) electrons. The van der Waals surface area contributed by atoms with Gasteiger partial charge in [-0.25, -0.2) is 0 Å². The number of hydrogen-bond acceptors (Lipinski definition) is 5. The minimum Gasteiger partial charge on any atom is -0.481 e. The van der Waals surface area contributed by atoms with E-state index in [1.54, 1.807) is 6.20 Å². The molecule has 1 N–H and O–H groups in total. The molecule has 0 aliphatic carbocycles. The van der Waals surface area contributed by atoms with Crippen LogP contribution in [0.3, 0.4) is 0 Å². The summed E-state index contributed by atoms with van der Waals surface area (Å²) >= 11 is 0. The maximum atomic E-state index is 10.8. The van der Waals surface area contributed by atoms with Gasteiger partial charge in [-0.2, -0.15) is 0 Å². The van der Waals surface area contributed by atoms with Crippen LogP contribution < -0.4 is 0 Å². The Morgan fingerprint density at radius 2 is 2.19 bits per heavy atom. The van der Waals surface area contributed by atoms with E-state index in [0.29, 0.717) is 6.54 Å². The quantitative estimate of drug-likeness (QED) is 0.761. The van der Waals surface area contributed by atoms with Crippen molar-refractivity contribution in [2.24, 2.45) is 0 Å². The van der Waals surface area contributed by atoms with Crippen LogP contribution in [0.2, 0.25) is 0 Å². The van der Waals surface area contributed by atoms with Crippen molar-refractivity contribution in [1.82, 2.24) is 14.8 Å². The van der Waals surface area contributed by atoms with E-state index in [-0.39, 0.29) is 6.42 Å².